The van der Waals surface area contributed by atoms with Crippen molar-refractivity contribution in [3.63, 3.8) is 0 Å². The van der Waals surface area contributed by atoms with E-state index in [1.54, 1.807) is 6.07 Å². The maximum absolute atomic E-state index is 9.55. The summed E-state index contributed by atoms with van der Waals surface area (Å²) in [6, 6.07) is 12.3. The first-order chi connectivity index (χ1) is 9.28. The molecule has 2 aromatic rings. The SMILES string of the molecule is CC1(C)CB(c2ccc3cc(O)ccc3c2)CC1(C)C. The molecule has 0 amide bonds. The Bertz CT molecular complexity index is 642. The summed E-state index contributed by atoms with van der Waals surface area (Å²) in [5.41, 5.74) is 2.23. The molecule has 0 atom stereocenters. The highest BCUT2D eigenvalue weighted by molar-refractivity contribution is 6.74. The van der Waals surface area contributed by atoms with Gasteiger partial charge in [-0.05, 0) is 33.7 Å². The first-order valence-corrected chi connectivity index (χ1v) is 7.51. The summed E-state index contributed by atoms with van der Waals surface area (Å²) in [6.45, 7) is 10.2. The predicted molar refractivity (Wildman–Crippen MR) is 88.2 cm³/mol. The molecule has 104 valence electrons. The molecule has 0 bridgehead atoms. The smallest absolute Gasteiger partial charge is 0.176 e. The van der Waals surface area contributed by atoms with Gasteiger partial charge in [0, 0.05) is 0 Å². The molecule has 3 rings (SSSR count). The first kappa shape index (κ1) is 13.5. The standard InChI is InChI=1S/C18H23BO/c1-17(2)11-19(12-18(17,3)4)15-7-5-14-10-16(20)8-6-13(14)9-15/h5-10,20H,11-12H2,1-4H3. The number of benzene rings is 2. The summed E-state index contributed by atoms with van der Waals surface area (Å²) in [5.74, 6) is 0.341. The van der Waals surface area contributed by atoms with Crippen LogP contribution in [0.2, 0.25) is 12.6 Å². The summed E-state index contributed by atoms with van der Waals surface area (Å²) in [6.07, 6.45) is 2.51. The summed E-state index contributed by atoms with van der Waals surface area (Å²) in [4.78, 5) is 0. The molecule has 1 N–H and O–H groups in total. The van der Waals surface area contributed by atoms with Gasteiger partial charge in [-0.25, -0.2) is 0 Å². The molecule has 0 aromatic heterocycles. The second-order valence-electron chi connectivity index (χ2n) is 7.66. The van der Waals surface area contributed by atoms with E-state index in [9.17, 15) is 5.11 Å². The van der Waals surface area contributed by atoms with Gasteiger partial charge in [-0.15, -0.1) is 0 Å². The highest BCUT2D eigenvalue weighted by Crippen LogP contribution is 2.52. The van der Waals surface area contributed by atoms with E-state index >= 15 is 0 Å². The zero-order valence-corrected chi connectivity index (χ0v) is 12.9. The summed E-state index contributed by atoms with van der Waals surface area (Å²) < 4.78 is 0. The monoisotopic (exact) mass is 266 g/mol. The maximum atomic E-state index is 9.55. The molecule has 0 spiro atoms. The largest absolute Gasteiger partial charge is 0.508 e. The predicted octanol–water partition coefficient (Wildman–Crippen LogP) is 4.31. The third-order valence-electron chi connectivity index (χ3n) is 5.66. The van der Waals surface area contributed by atoms with Gasteiger partial charge in [-0.3, -0.25) is 0 Å². The van der Waals surface area contributed by atoms with Gasteiger partial charge in [0.1, 0.15) is 5.75 Å². The Kier molecular flexibility index (Phi) is 2.90. The summed E-state index contributed by atoms with van der Waals surface area (Å²) in [7, 11) is 0. The fraction of sp³-hybridized carbons (Fsp3) is 0.444. The van der Waals surface area contributed by atoms with Crippen LogP contribution in [0.1, 0.15) is 27.7 Å². The van der Waals surface area contributed by atoms with E-state index in [2.05, 4.69) is 45.9 Å². The Morgan fingerprint density at radius 3 is 2.05 bits per heavy atom. The van der Waals surface area contributed by atoms with Crippen molar-refractivity contribution in [2.45, 2.75) is 40.3 Å². The number of aromatic hydroxyl groups is 1. The van der Waals surface area contributed by atoms with Crippen molar-refractivity contribution in [2.75, 3.05) is 0 Å². The van der Waals surface area contributed by atoms with Crippen molar-refractivity contribution in [3.8, 4) is 5.75 Å². The summed E-state index contributed by atoms with van der Waals surface area (Å²) >= 11 is 0. The fourth-order valence-corrected chi connectivity index (χ4v) is 3.60. The van der Waals surface area contributed by atoms with Crippen LogP contribution in [0.15, 0.2) is 36.4 Å². The van der Waals surface area contributed by atoms with Gasteiger partial charge >= 0.3 is 0 Å². The number of fused-ring (bicyclic) bond motifs is 1. The van der Waals surface area contributed by atoms with E-state index in [4.69, 9.17) is 0 Å². The van der Waals surface area contributed by atoms with Crippen LogP contribution >= 0.6 is 0 Å². The molecular formula is C18H23BO. The van der Waals surface area contributed by atoms with Crippen molar-refractivity contribution >= 4 is 22.9 Å². The number of hydrogen-bond donors (Lipinski definition) is 1. The molecule has 1 heterocycles. The Balaban J connectivity index is 1.98. The van der Waals surface area contributed by atoms with E-state index in [0.717, 1.165) is 5.39 Å². The number of phenols is 1. The lowest BCUT2D eigenvalue weighted by atomic mass is 9.42. The van der Waals surface area contributed by atoms with E-state index in [1.165, 1.54) is 23.5 Å². The molecule has 1 nitrogen and oxygen atoms in total. The lowest BCUT2D eigenvalue weighted by Crippen LogP contribution is -2.27. The quantitative estimate of drug-likeness (QED) is 0.762. The lowest BCUT2D eigenvalue weighted by molar-refractivity contribution is 0.177. The second kappa shape index (κ2) is 4.28. The summed E-state index contributed by atoms with van der Waals surface area (Å²) in [5, 5.41) is 11.9. The van der Waals surface area contributed by atoms with Crippen molar-refractivity contribution < 1.29 is 5.11 Å². The van der Waals surface area contributed by atoms with E-state index in [0.29, 0.717) is 23.3 Å². The average Bonchev–Trinajstić information content (AvgIpc) is 2.58. The van der Waals surface area contributed by atoms with E-state index in [1.807, 2.05) is 12.1 Å². The minimum Gasteiger partial charge on any atom is -0.508 e. The highest BCUT2D eigenvalue weighted by atomic mass is 16.3. The third-order valence-corrected chi connectivity index (χ3v) is 5.66. The normalized spacial score (nSPS) is 20.5. The molecule has 0 radical (unpaired) electrons. The molecule has 0 saturated carbocycles. The van der Waals surface area contributed by atoms with Gasteiger partial charge in [-0.1, -0.05) is 70.1 Å². The number of phenolic OH excluding ortho intramolecular Hbond substituents is 1. The van der Waals surface area contributed by atoms with Crippen LogP contribution in [0.25, 0.3) is 10.8 Å². The maximum Gasteiger partial charge on any atom is 0.176 e. The van der Waals surface area contributed by atoms with Crippen LogP contribution < -0.4 is 5.46 Å². The number of rotatable bonds is 1. The highest BCUT2D eigenvalue weighted by Gasteiger charge is 2.47. The van der Waals surface area contributed by atoms with E-state index < -0.39 is 0 Å². The Morgan fingerprint density at radius 2 is 1.40 bits per heavy atom. The molecule has 1 fully saturated rings. The Labute approximate surface area is 122 Å². The average molecular weight is 266 g/mol. The van der Waals surface area contributed by atoms with Crippen molar-refractivity contribution in [3.05, 3.63) is 36.4 Å². The van der Waals surface area contributed by atoms with Gasteiger partial charge < -0.3 is 5.11 Å². The van der Waals surface area contributed by atoms with Crippen LogP contribution in [0.3, 0.4) is 0 Å². The molecule has 2 heteroatoms. The van der Waals surface area contributed by atoms with Crippen LogP contribution in [0.4, 0.5) is 0 Å². The van der Waals surface area contributed by atoms with Gasteiger partial charge in [0.25, 0.3) is 0 Å². The second-order valence-corrected chi connectivity index (χ2v) is 7.66. The molecule has 1 saturated heterocycles. The van der Waals surface area contributed by atoms with Gasteiger partial charge in [0.05, 0.1) is 0 Å². The van der Waals surface area contributed by atoms with Crippen LogP contribution in [-0.2, 0) is 0 Å². The lowest BCUT2D eigenvalue weighted by Gasteiger charge is -2.35. The van der Waals surface area contributed by atoms with Crippen LogP contribution in [0.5, 0.6) is 5.75 Å². The van der Waals surface area contributed by atoms with Gasteiger partial charge in [-0.2, -0.15) is 0 Å². The van der Waals surface area contributed by atoms with Crippen molar-refractivity contribution in [1.82, 2.24) is 0 Å². The van der Waals surface area contributed by atoms with Crippen molar-refractivity contribution in [1.29, 1.82) is 0 Å². The molecule has 0 unspecified atom stereocenters. The Hall–Kier alpha value is -1.44. The molecular weight excluding hydrogens is 243 g/mol. The minimum absolute atomic E-state index is 0.341. The topological polar surface area (TPSA) is 20.2 Å². The van der Waals surface area contributed by atoms with Crippen molar-refractivity contribution in [2.24, 2.45) is 10.8 Å². The Morgan fingerprint density at radius 1 is 0.850 bits per heavy atom. The third kappa shape index (κ3) is 2.11. The van der Waals surface area contributed by atoms with E-state index in [-0.39, 0.29) is 0 Å². The molecule has 2 aromatic carbocycles. The minimum atomic E-state index is 0.341. The first-order valence-electron chi connectivity index (χ1n) is 7.51. The fourth-order valence-electron chi connectivity index (χ4n) is 3.60. The molecule has 0 aliphatic carbocycles. The van der Waals surface area contributed by atoms with Gasteiger partial charge in [0.2, 0.25) is 0 Å². The van der Waals surface area contributed by atoms with Gasteiger partial charge in [0.15, 0.2) is 6.71 Å². The molecule has 1 aliphatic heterocycles. The number of hydrogen-bond acceptors (Lipinski definition) is 1. The van der Waals surface area contributed by atoms with Crippen LogP contribution in [-0.4, -0.2) is 11.8 Å². The van der Waals surface area contributed by atoms with Crippen LogP contribution in [0, 0.1) is 10.8 Å². The zero-order chi connectivity index (χ0) is 14.5. The zero-order valence-electron chi connectivity index (χ0n) is 12.9. The molecule has 20 heavy (non-hydrogen) atoms. The molecule has 1 aliphatic rings.